The van der Waals surface area contributed by atoms with E-state index in [1.54, 1.807) is 0 Å². The normalized spacial score (nSPS) is 20.1. The number of nitro groups is 1. The van der Waals surface area contributed by atoms with Gasteiger partial charge in [-0.25, -0.2) is 4.39 Å². The van der Waals surface area contributed by atoms with Crippen molar-refractivity contribution in [3.63, 3.8) is 0 Å². The number of hydrogen-bond donors (Lipinski definition) is 1. The quantitative estimate of drug-likeness (QED) is 0.652. The summed E-state index contributed by atoms with van der Waals surface area (Å²) in [4.78, 5) is 10.6. The first-order valence-electron chi connectivity index (χ1n) is 8.03. The van der Waals surface area contributed by atoms with Crippen LogP contribution in [0.4, 0.5) is 15.8 Å². The number of halogens is 1. The number of benzene rings is 2. The largest absolute Gasteiger partial charge is 0.494 e. The molecule has 7 heteroatoms. The Bertz CT molecular complexity index is 754. The van der Waals surface area contributed by atoms with Crippen LogP contribution in [0.2, 0.25) is 0 Å². The zero-order chi connectivity index (χ0) is 17.8. The highest BCUT2D eigenvalue weighted by Crippen LogP contribution is 2.35. The highest BCUT2D eigenvalue weighted by molar-refractivity contribution is 5.65. The fourth-order valence-electron chi connectivity index (χ4n) is 3.01. The van der Waals surface area contributed by atoms with Crippen molar-refractivity contribution in [3.8, 4) is 5.75 Å². The van der Waals surface area contributed by atoms with Gasteiger partial charge in [0.1, 0.15) is 5.69 Å². The van der Waals surface area contributed by atoms with E-state index in [-0.39, 0.29) is 29.3 Å². The summed E-state index contributed by atoms with van der Waals surface area (Å²) in [6, 6.07) is 12.0. The molecule has 1 N–H and O–H groups in total. The van der Waals surface area contributed by atoms with Gasteiger partial charge in [0.05, 0.1) is 24.2 Å². The van der Waals surface area contributed by atoms with Gasteiger partial charge >= 0.3 is 0 Å². The van der Waals surface area contributed by atoms with Crippen molar-refractivity contribution in [1.82, 2.24) is 0 Å². The van der Waals surface area contributed by atoms with Gasteiger partial charge in [0.2, 0.25) is 0 Å². The molecule has 132 valence electrons. The zero-order valence-electron chi connectivity index (χ0n) is 13.8. The number of rotatable bonds is 5. The summed E-state index contributed by atoms with van der Waals surface area (Å²) in [6.45, 7) is 0.545. The molecule has 1 heterocycles. The average molecular weight is 346 g/mol. The molecule has 0 bridgehead atoms. The monoisotopic (exact) mass is 346 g/mol. The summed E-state index contributed by atoms with van der Waals surface area (Å²) in [5, 5.41) is 14.4. The molecule has 1 saturated heterocycles. The summed E-state index contributed by atoms with van der Waals surface area (Å²) in [7, 11) is 1.33. The second-order valence-corrected chi connectivity index (χ2v) is 5.90. The van der Waals surface area contributed by atoms with E-state index >= 15 is 0 Å². The van der Waals surface area contributed by atoms with Crippen LogP contribution in [0.15, 0.2) is 42.5 Å². The minimum Gasteiger partial charge on any atom is -0.494 e. The maximum absolute atomic E-state index is 13.8. The molecular formula is C18H19FN2O4. The number of ether oxygens (including phenoxy) is 2. The second kappa shape index (κ2) is 7.48. The molecule has 25 heavy (non-hydrogen) atoms. The van der Waals surface area contributed by atoms with E-state index in [9.17, 15) is 14.5 Å². The fourth-order valence-corrected chi connectivity index (χ4v) is 3.01. The van der Waals surface area contributed by atoms with Crippen LogP contribution in [-0.4, -0.2) is 24.7 Å². The molecule has 1 aliphatic heterocycles. The SMILES string of the molecule is COc1cc(NC2CCOC(c3ccccc3)C2)c([N+](=O)[O-])cc1F. The van der Waals surface area contributed by atoms with Gasteiger partial charge in [0, 0.05) is 18.7 Å². The third-order valence-corrected chi connectivity index (χ3v) is 4.28. The van der Waals surface area contributed by atoms with E-state index in [4.69, 9.17) is 9.47 Å². The molecule has 2 aromatic rings. The van der Waals surface area contributed by atoms with Crippen LogP contribution in [0.25, 0.3) is 0 Å². The first-order chi connectivity index (χ1) is 12.1. The van der Waals surface area contributed by atoms with Crippen molar-refractivity contribution in [2.75, 3.05) is 19.0 Å². The minimum absolute atomic E-state index is 0.0205. The molecule has 0 spiro atoms. The van der Waals surface area contributed by atoms with Gasteiger partial charge in [-0.05, 0) is 18.4 Å². The number of nitro benzene ring substituents is 1. The van der Waals surface area contributed by atoms with Crippen molar-refractivity contribution in [2.24, 2.45) is 0 Å². The highest BCUT2D eigenvalue weighted by Gasteiger charge is 2.27. The molecule has 0 saturated carbocycles. The van der Waals surface area contributed by atoms with Crippen LogP contribution in [-0.2, 0) is 4.74 Å². The molecule has 1 aliphatic rings. The highest BCUT2D eigenvalue weighted by atomic mass is 19.1. The summed E-state index contributed by atoms with van der Waals surface area (Å²) >= 11 is 0. The van der Waals surface area contributed by atoms with Gasteiger partial charge in [0.15, 0.2) is 11.6 Å². The molecule has 0 radical (unpaired) electrons. The van der Waals surface area contributed by atoms with E-state index in [0.29, 0.717) is 19.4 Å². The van der Waals surface area contributed by atoms with Gasteiger partial charge in [-0.1, -0.05) is 30.3 Å². The molecule has 0 amide bonds. The van der Waals surface area contributed by atoms with Crippen molar-refractivity contribution in [3.05, 3.63) is 64.0 Å². The summed E-state index contributed by atoms with van der Waals surface area (Å²) < 4.78 is 24.5. The van der Waals surface area contributed by atoms with E-state index in [0.717, 1.165) is 11.6 Å². The van der Waals surface area contributed by atoms with Crippen LogP contribution >= 0.6 is 0 Å². The summed E-state index contributed by atoms with van der Waals surface area (Å²) in [5.41, 5.74) is 1.02. The Morgan fingerprint density at radius 1 is 1.32 bits per heavy atom. The van der Waals surface area contributed by atoms with Crippen molar-refractivity contribution in [2.45, 2.75) is 25.0 Å². The topological polar surface area (TPSA) is 73.6 Å². The van der Waals surface area contributed by atoms with Crippen molar-refractivity contribution in [1.29, 1.82) is 0 Å². The predicted molar refractivity (Wildman–Crippen MR) is 91.4 cm³/mol. The molecule has 0 aliphatic carbocycles. The number of anilines is 1. The lowest BCUT2D eigenvalue weighted by Gasteiger charge is -2.31. The van der Waals surface area contributed by atoms with Gasteiger partial charge in [-0.15, -0.1) is 0 Å². The van der Waals surface area contributed by atoms with E-state index in [2.05, 4.69) is 5.32 Å². The Labute approximate surface area is 144 Å². The Kier molecular flexibility index (Phi) is 5.14. The minimum atomic E-state index is -0.756. The van der Waals surface area contributed by atoms with E-state index < -0.39 is 10.7 Å². The molecule has 2 atom stereocenters. The maximum atomic E-state index is 13.8. The molecule has 2 unspecified atom stereocenters. The van der Waals surface area contributed by atoms with Crippen LogP contribution < -0.4 is 10.1 Å². The molecule has 0 aromatic heterocycles. The Balaban J connectivity index is 1.80. The lowest BCUT2D eigenvalue weighted by molar-refractivity contribution is -0.384. The summed E-state index contributed by atoms with van der Waals surface area (Å²) in [6.07, 6.45) is 1.30. The van der Waals surface area contributed by atoms with Crippen molar-refractivity contribution < 1.29 is 18.8 Å². The lowest BCUT2D eigenvalue weighted by atomic mass is 9.97. The van der Waals surface area contributed by atoms with Gasteiger partial charge in [-0.2, -0.15) is 0 Å². The predicted octanol–water partition coefficient (Wildman–Crippen LogP) is 4.07. The number of methoxy groups -OCH3 is 1. The van der Waals surface area contributed by atoms with Gasteiger partial charge in [0.25, 0.3) is 5.69 Å². The molecular weight excluding hydrogens is 327 g/mol. The molecule has 1 fully saturated rings. The van der Waals surface area contributed by atoms with Crippen molar-refractivity contribution >= 4 is 11.4 Å². The van der Waals surface area contributed by atoms with Crippen LogP contribution in [0.1, 0.15) is 24.5 Å². The lowest BCUT2D eigenvalue weighted by Crippen LogP contribution is -2.30. The second-order valence-electron chi connectivity index (χ2n) is 5.90. The molecule has 3 rings (SSSR count). The van der Waals surface area contributed by atoms with E-state index in [1.165, 1.54) is 13.2 Å². The number of nitrogens with zero attached hydrogens (tertiary/aromatic N) is 1. The van der Waals surface area contributed by atoms with Crippen LogP contribution in [0.3, 0.4) is 0 Å². The number of nitrogens with one attached hydrogen (secondary N) is 1. The Morgan fingerprint density at radius 3 is 2.76 bits per heavy atom. The van der Waals surface area contributed by atoms with Gasteiger partial charge < -0.3 is 14.8 Å². The van der Waals surface area contributed by atoms with Crippen LogP contribution in [0, 0.1) is 15.9 Å². The smallest absolute Gasteiger partial charge is 0.295 e. The Hall–Kier alpha value is -2.67. The Morgan fingerprint density at radius 2 is 2.08 bits per heavy atom. The molecule has 6 nitrogen and oxygen atoms in total. The standard InChI is InChI=1S/C18H19FN2O4/c1-24-18-11-15(16(21(22)23)10-14(18)19)20-13-7-8-25-17(9-13)12-5-3-2-4-6-12/h2-6,10-11,13,17,20H,7-9H2,1H3. The zero-order valence-corrected chi connectivity index (χ0v) is 13.8. The van der Waals surface area contributed by atoms with E-state index in [1.807, 2.05) is 30.3 Å². The number of hydrogen-bond acceptors (Lipinski definition) is 5. The first-order valence-corrected chi connectivity index (χ1v) is 8.03. The molecule has 2 aromatic carbocycles. The maximum Gasteiger partial charge on any atom is 0.295 e. The van der Waals surface area contributed by atoms with Gasteiger partial charge in [-0.3, -0.25) is 10.1 Å². The fraction of sp³-hybridized carbons (Fsp3) is 0.333. The van der Waals surface area contributed by atoms with Crippen LogP contribution in [0.5, 0.6) is 5.75 Å². The summed E-state index contributed by atoms with van der Waals surface area (Å²) in [5.74, 6) is -0.784. The third-order valence-electron chi connectivity index (χ3n) is 4.28. The average Bonchev–Trinajstić information content (AvgIpc) is 2.63. The third kappa shape index (κ3) is 3.88. The first kappa shape index (κ1) is 17.2.